The maximum Gasteiger partial charge on any atom is 0.0569 e. The first kappa shape index (κ1) is 12.7. The van der Waals surface area contributed by atoms with Gasteiger partial charge < -0.3 is 10.6 Å². The second kappa shape index (κ2) is 5.66. The Bertz CT molecular complexity index is 328. The molecule has 1 atom stereocenters. The quantitative estimate of drug-likeness (QED) is 0.774. The van der Waals surface area contributed by atoms with Gasteiger partial charge in [0.2, 0.25) is 0 Å². The van der Waals surface area contributed by atoms with Gasteiger partial charge in [0.25, 0.3) is 0 Å². The molecule has 0 saturated heterocycles. The van der Waals surface area contributed by atoms with Crippen molar-refractivity contribution >= 4 is 5.69 Å². The van der Waals surface area contributed by atoms with Crippen molar-refractivity contribution in [3.63, 3.8) is 0 Å². The lowest BCUT2D eigenvalue weighted by atomic mass is 10.2. The molecule has 3 heteroatoms. The average molecular weight is 219 g/mol. The van der Waals surface area contributed by atoms with Crippen molar-refractivity contribution < 1.29 is 0 Å². The smallest absolute Gasteiger partial charge is 0.0569 e. The summed E-state index contributed by atoms with van der Waals surface area (Å²) in [6.07, 6.45) is 3.78. The second-order valence-corrected chi connectivity index (χ2v) is 4.26. The van der Waals surface area contributed by atoms with Crippen molar-refractivity contribution in [2.24, 2.45) is 5.73 Å². The fourth-order valence-corrected chi connectivity index (χ4v) is 1.59. The van der Waals surface area contributed by atoms with Gasteiger partial charge in [-0.2, -0.15) is 0 Å². The molecule has 1 aromatic heterocycles. The van der Waals surface area contributed by atoms with E-state index in [1.807, 2.05) is 25.3 Å². The molecule has 1 heterocycles. The molecular weight excluding hydrogens is 198 g/mol. The van der Waals surface area contributed by atoms with Crippen LogP contribution in [0.2, 0.25) is 0 Å². The lowest BCUT2D eigenvalue weighted by Gasteiger charge is -2.27. The summed E-state index contributed by atoms with van der Waals surface area (Å²) in [5.41, 5.74) is 7.80. The molecule has 16 heavy (non-hydrogen) atoms. The van der Waals surface area contributed by atoms with Gasteiger partial charge in [0.05, 0.1) is 17.6 Å². The van der Waals surface area contributed by atoms with Crippen molar-refractivity contribution in [1.82, 2.24) is 4.98 Å². The molecule has 3 nitrogen and oxygen atoms in total. The number of hydrogen-bond donors (Lipinski definition) is 1. The van der Waals surface area contributed by atoms with Crippen LogP contribution in [0.25, 0.3) is 0 Å². The van der Waals surface area contributed by atoms with E-state index in [-0.39, 0.29) is 6.04 Å². The molecule has 0 aliphatic rings. The van der Waals surface area contributed by atoms with E-state index >= 15 is 0 Å². The summed E-state index contributed by atoms with van der Waals surface area (Å²) in [7, 11) is 0. The first-order chi connectivity index (χ1) is 7.56. The molecule has 88 valence electrons. The highest BCUT2D eigenvalue weighted by molar-refractivity contribution is 5.46. The van der Waals surface area contributed by atoms with Crippen molar-refractivity contribution in [2.45, 2.75) is 32.9 Å². The SMILES string of the molecule is C=CCN(c1ccc(C(C)N)nc1)C(C)C. The molecule has 0 radical (unpaired) electrons. The molecule has 0 aliphatic heterocycles. The van der Waals surface area contributed by atoms with Crippen LogP contribution in [0.5, 0.6) is 0 Å². The number of hydrogen-bond acceptors (Lipinski definition) is 3. The molecule has 2 N–H and O–H groups in total. The number of rotatable bonds is 5. The van der Waals surface area contributed by atoms with Crippen LogP contribution in [0.1, 0.15) is 32.5 Å². The van der Waals surface area contributed by atoms with Gasteiger partial charge in [-0.25, -0.2) is 0 Å². The van der Waals surface area contributed by atoms with Gasteiger partial charge in [-0.15, -0.1) is 6.58 Å². The first-order valence-corrected chi connectivity index (χ1v) is 5.65. The van der Waals surface area contributed by atoms with Gasteiger partial charge in [0.15, 0.2) is 0 Å². The Hall–Kier alpha value is -1.35. The predicted molar refractivity (Wildman–Crippen MR) is 69.5 cm³/mol. The van der Waals surface area contributed by atoms with Crippen molar-refractivity contribution in [1.29, 1.82) is 0 Å². The second-order valence-electron chi connectivity index (χ2n) is 4.26. The van der Waals surface area contributed by atoms with Crippen LogP contribution >= 0.6 is 0 Å². The summed E-state index contributed by atoms with van der Waals surface area (Å²) in [6, 6.07) is 4.47. The minimum atomic E-state index is -0.0130. The number of nitrogens with two attached hydrogens (primary N) is 1. The van der Waals surface area contributed by atoms with Crippen LogP contribution in [-0.2, 0) is 0 Å². The van der Waals surface area contributed by atoms with Gasteiger partial charge in [0, 0.05) is 18.6 Å². The molecule has 0 aromatic carbocycles. The van der Waals surface area contributed by atoms with E-state index in [1.165, 1.54) is 0 Å². The Labute approximate surface area is 98.0 Å². The minimum absolute atomic E-state index is 0.0130. The average Bonchev–Trinajstić information content (AvgIpc) is 2.25. The van der Waals surface area contributed by atoms with E-state index in [2.05, 4.69) is 36.4 Å². The van der Waals surface area contributed by atoms with E-state index in [9.17, 15) is 0 Å². The van der Waals surface area contributed by atoms with Crippen molar-refractivity contribution in [3.05, 3.63) is 36.7 Å². The topological polar surface area (TPSA) is 42.1 Å². The predicted octanol–water partition coefficient (Wildman–Crippen LogP) is 2.50. The molecule has 0 bridgehead atoms. The molecule has 0 saturated carbocycles. The molecule has 0 amide bonds. The summed E-state index contributed by atoms with van der Waals surface area (Å²) < 4.78 is 0. The summed E-state index contributed by atoms with van der Waals surface area (Å²) in [5, 5.41) is 0. The first-order valence-electron chi connectivity index (χ1n) is 5.65. The number of anilines is 1. The number of pyridine rings is 1. The Morgan fingerprint density at radius 2 is 2.12 bits per heavy atom. The van der Waals surface area contributed by atoms with Gasteiger partial charge in [0.1, 0.15) is 0 Å². The normalized spacial score (nSPS) is 12.6. The Morgan fingerprint density at radius 1 is 1.44 bits per heavy atom. The zero-order chi connectivity index (χ0) is 12.1. The standard InChI is InChI=1S/C13H21N3/c1-5-8-16(10(2)3)12-6-7-13(11(4)14)15-9-12/h5-7,9-11H,1,8,14H2,2-4H3. The number of nitrogens with zero attached hydrogens (tertiary/aromatic N) is 2. The van der Waals surface area contributed by atoms with Gasteiger partial charge in [-0.3, -0.25) is 4.98 Å². The van der Waals surface area contributed by atoms with E-state index in [1.54, 1.807) is 0 Å². The van der Waals surface area contributed by atoms with Crippen LogP contribution in [0, 0.1) is 0 Å². The highest BCUT2D eigenvalue weighted by Gasteiger charge is 2.09. The van der Waals surface area contributed by atoms with Crippen LogP contribution in [0.15, 0.2) is 31.0 Å². The summed E-state index contributed by atoms with van der Waals surface area (Å²) >= 11 is 0. The summed E-state index contributed by atoms with van der Waals surface area (Å²) in [5.74, 6) is 0. The fourth-order valence-electron chi connectivity index (χ4n) is 1.59. The lowest BCUT2D eigenvalue weighted by molar-refractivity contribution is 0.718. The Balaban J connectivity index is 2.89. The Morgan fingerprint density at radius 3 is 2.50 bits per heavy atom. The van der Waals surface area contributed by atoms with E-state index in [0.29, 0.717) is 6.04 Å². The maximum atomic E-state index is 5.77. The monoisotopic (exact) mass is 219 g/mol. The third-order valence-electron chi connectivity index (χ3n) is 2.52. The molecule has 0 fully saturated rings. The molecule has 1 aromatic rings. The third kappa shape index (κ3) is 3.07. The van der Waals surface area contributed by atoms with Crippen molar-refractivity contribution in [2.75, 3.05) is 11.4 Å². The third-order valence-corrected chi connectivity index (χ3v) is 2.52. The molecular formula is C13H21N3. The molecule has 0 aliphatic carbocycles. The van der Waals surface area contributed by atoms with Crippen LogP contribution in [-0.4, -0.2) is 17.6 Å². The molecule has 0 spiro atoms. The van der Waals surface area contributed by atoms with E-state index in [0.717, 1.165) is 17.9 Å². The summed E-state index contributed by atoms with van der Waals surface area (Å²) in [6.45, 7) is 10.9. The maximum absolute atomic E-state index is 5.77. The number of aromatic nitrogens is 1. The van der Waals surface area contributed by atoms with Crippen molar-refractivity contribution in [3.8, 4) is 0 Å². The van der Waals surface area contributed by atoms with Crippen LogP contribution < -0.4 is 10.6 Å². The molecule has 1 unspecified atom stereocenters. The lowest BCUT2D eigenvalue weighted by Crippen LogP contribution is -2.30. The van der Waals surface area contributed by atoms with E-state index in [4.69, 9.17) is 5.73 Å². The van der Waals surface area contributed by atoms with Gasteiger partial charge in [-0.1, -0.05) is 6.08 Å². The highest BCUT2D eigenvalue weighted by Crippen LogP contribution is 2.17. The highest BCUT2D eigenvalue weighted by atomic mass is 15.2. The van der Waals surface area contributed by atoms with Gasteiger partial charge in [-0.05, 0) is 32.9 Å². The zero-order valence-corrected chi connectivity index (χ0v) is 10.4. The van der Waals surface area contributed by atoms with Crippen LogP contribution in [0.3, 0.4) is 0 Å². The fraction of sp³-hybridized carbons (Fsp3) is 0.462. The van der Waals surface area contributed by atoms with Gasteiger partial charge >= 0.3 is 0 Å². The molecule has 1 rings (SSSR count). The van der Waals surface area contributed by atoms with Crippen LogP contribution in [0.4, 0.5) is 5.69 Å². The largest absolute Gasteiger partial charge is 0.364 e. The van der Waals surface area contributed by atoms with E-state index < -0.39 is 0 Å². The summed E-state index contributed by atoms with van der Waals surface area (Å²) in [4.78, 5) is 6.60. The Kier molecular flexibility index (Phi) is 4.50. The zero-order valence-electron chi connectivity index (χ0n) is 10.4. The minimum Gasteiger partial charge on any atom is -0.364 e.